The van der Waals surface area contributed by atoms with Gasteiger partial charge in [0.1, 0.15) is 16.7 Å². The third-order valence-electron chi connectivity index (χ3n) is 3.41. The van der Waals surface area contributed by atoms with Crippen LogP contribution in [0.1, 0.15) is 30.9 Å². The van der Waals surface area contributed by atoms with Gasteiger partial charge in [0.15, 0.2) is 0 Å². The Labute approximate surface area is 140 Å². The van der Waals surface area contributed by atoms with E-state index in [4.69, 9.17) is 0 Å². The number of allylic oxidation sites excluding steroid dienone is 1. The number of unbranched alkanes of at least 4 members (excludes halogenated alkanes) is 1. The van der Waals surface area contributed by atoms with Gasteiger partial charge >= 0.3 is 0 Å². The average Bonchev–Trinajstić information content (AvgIpc) is 3.07. The van der Waals surface area contributed by atoms with Crippen molar-refractivity contribution < 1.29 is 13.5 Å². The lowest BCUT2D eigenvalue weighted by Crippen LogP contribution is -2.02. The number of nitriles is 1. The van der Waals surface area contributed by atoms with Crippen molar-refractivity contribution in [3.63, 3.8) is 0 Å². The zero-order valence-corrected chi connectivity index (χ0v) is 14.3. The molecule has 0 unspecified atom stereocenters. The molecule has 0 spiro atoms. The van der Waals surface area contributed by atoms with E-state index in [-0.39, 0.29) is 15.6 Å². The first-order valence-corrected chi connectivity index (χ1v) is 9.62. The van der Waals surface area contributed by atoms with E-state index < -0.39 is 9.84 Å². The summed E-state index contributed by atoms with van der Waals surface area (Å²) < 4.78 is 24.8. The smallest absolute Gasteiger partial charge is 0.217 e. The minimum Gasteiger partial charge on any atom is -0.508 e. The standard InChI is InChI=1S/C17H17NO3S2/c1-2-3-4-14-9-13(5-6-17(14)19)10-16(11-18)23(20,21)15-7-8-22-12-15/h5-10,12,19H,2-4H2,1H3/b16-10-. The SMILES string of the molecule is CCCCc1cc(/C=C(/C#N)S(=O)(=O)c2ccsc2)ccc1O. The minimum absolute atomic E-state index is 0.125. The highest BCUT2D eigenvalue weighted by molar-refractivity contribution is 7.95. The first-order chi connectivity index (χ1) is 11.0. The van der Waals surface area contributed by atoms with Crippen LogP contribution in [0.3, 0.4) is 0 Å². The highest BCUT2D eigenvalue weighted by atomic mass is 32.2. The Morgan fingerprint density at radius 2 is 2.17 bits per heavy atom. The minimum atomic E-state index is -3.80. The summed E-state index contributed by atoms with van der Waals surface area (Å²) >= 11 is 1.27. The molecule has 0 fully saturated rings. The second kappa shape index (κ2) is 7.44. The maximum atomic E-state index is 12.4. The molecule has 1 aromatic carbocycles. The summed E-state index contributed by atoms with van der Waals surface area (Å²) in [6.45, 7) is 2.06. The highest BCUT2D eigenvalue weighted by Gasteiger charge is 2.21. The average molecular weight is 347 g/mol. The van der Waals surface area contributed by atoms with Gasteiger partial charge in [-0.15, -0.1) is 0 Å². The van der Waals surface area contributed by atoms with E-state index in [9.17, 15) is 18.8 Å². The predicted octanol–water partition coefficient (Wildman–Crippen LogP) is 4.13. The topological polar surface area (TPSA) is 78.2 Å². The van der Waals surface area contributed by atoms with Gasteiger partial charge in [-0.25, -0.2) is 8.42 Å². The second-order valence-corrected chi connectivity index (χ2v) is 7.77. The van der Waals surface area contributed by atoms with Gasteiger partial charge in [-0.2, -0.15) is 16.6 Å². The summed E-state index contributed by atoms with van der Waals surface area (Å²) in [5.74, 6) is 0.190. The highest BCUT2D eigenvalue weighted by Crippen LogP contribution is 2.26. The van der Waals surface area contributed by atoms with E-state index in [0.29, 0.717) is 12.0 Å². The molecule has 0 atom stereocenters. The van der Waals surface area contributed by atoms with Gasteiger partial charge in [0.2, 0.25) is 9.84 Å². The van der Waals surface area contributed by atoms with Gasteiger partial charge in [-0.3, -0.25) is 0 Å². The number of aryl methyl sites for hydroxylation is 1. The van der Waals surface area contributed by atoms with E-state index in [2.05, 4.69) is 6.92 Å². The number of hydrogen-bond donors (Lipinski definition) is 1. The van der Waals surface area contributed by atoms with Crippen molar-refractivity contribution in [2.24, 2.45) is 0 Å². The lowest BCUT2D eigenvalue weighted by Gasteiger charge is -2.06. The van der Waals surface area contributed by atoms with E-state index >= 15 is 0 Å². The molecule has 0 radical (unpaired) electrons. The molecule has 120 valence electrons. The number of thiophene rings is 1. The monoisotopic (exact) mass is 347 g/mol. The van der Waals surface area contributed by atoms with Gasteiger partial charge in [0, 0.05) is 5.38 Å². The van der Waals surface area contributed by atoms with E-state index in [0.717, 1.165) is 18.4 Å². The fraction of sp³-hybridized carbons (Fsp3) is 0.235. The van der Waals surface area contributed by atoms with E-state index in [1.54, 1.807) is 23.6 Å². The van der Waals surface area contributed by atoms with Crippen LogP contribution < -0.4 is 0 Å². The van der Waals surface area contributed by atoms with Crippen LogP contribution >= 0.6 is 11.3 Å². The molecule has 0 aliphatic rings. The third-order valence-corrected chi connectivity index (χ3v) is 5.90. The molecule has 1 N–H and O–H groups in total. The Bertz CT molecular complexity index is 844. The van der Waals surface area contributed by atoms with Crippen LogP contribution in [0.15, 0.2) is 44.8 Å². The van der Waals surface area contributed by atoms with E-state index in [1.165, 1.54) is 34.9 Å². The number of sulfone groups is 1. The summed E-state index contributed by atoms with van der Waals surface area (Å²) in [6, 6.07) is 8.11. The molecular formula is C17H17NO3S2. The van der Waals surface area contributed by atoms with Gasteiger partial charge in [0.05, 0.1) is 4.90 Å². The zero-order valence-electron chi connectivity index (χ0n) is 12.7. The maximum Gasteiger partial charge on any atom is 0.217 e. The first kappa shape index (κ1) is 17.3. The predicted molar refractivity (Wildman–Crippen MR) is 91.8 cm³/mol. The Balaban J connectivity index is 2.41. The second-order valence-electron chi connectivity index (χ2n) is 5.07. The summed E-state index contributed by atoms with van der Waals surface area (Å²) in [6.07, 6.45) is 3.99. The summed E-state index contributed by atoms with van der Waals surface area (Å²) in [7, 11) is -3.80. The fourth-order valence-corrected chi connectivity index (χ4v) is 4.30. The molecule has 6 heteroatoms. The first-order valence-electron chi connectivity index (χ1n) is 7.20. The maximum absolute atomic E-state index is 12.4. The van der Waals surface area contributed by atoms with Crippen molar-refractivity contribution >= 4 is 27.3 Å². The number of nitrogens with zero attached hydrogens (tertiary/aromatic N) is 1. The van der Waals surface area contributed by atoms with Crippen molar-refractivity contribution in [1.82, 2.24) is 0 Å². The fourth-order valence-electron chi connectivity index (χ4n) is 2.12. The van der Waals surface area contributed by atoms with Gasteiger partial charge in [-0.05, 0) is 53.6 Å². The molecule has 0 aliphatic heterocycles. The quantitative estimate of drug-likeness (QED) is 0.797. The lowest BCUT2D eigenvalue weighted by atomic mass is 10.0. The van der Waals surface area contributed by atoms with Crippen LogP contribution in [0.5, 0.6) is 5.75 Å². The van der Waals surface area contributed by atoms with Crippen molar-refractivity contribution in [3.8, 4) is 11.8 Å². The number of benzene rings is 1. The van der Waals surface area contributed by atoms with Crippen LogP contribution in [-0.4, -0.2) is 13.5 Å². The largest absolute Gasteiger partial charge is 0.508 e. The molecule has 0 amide bonds. The molecule has 0 saturated heterocycles. The summed E-state index contributed by atoms with van der Waals surface area (Å²) in [5.41, 5.74) is 1.34. The van der Waals surface area contributed by atoms with Crippen molar-refractivity contribution in [3.05, 3.63) is 51.1 Å². The van der Waals surface area contributed by atoms with Crippen LogP contribution in [-0.2, 0) is 16.3 Å². The Morgan fingerprint density at radius 1 is 1.39 bits per heavy atom. The van der Waals surface area contributed by atoms with Crippen LogP contribution in [0.4, 0.5) is 0 Å². The molecular weight excluding hydrogens is 330 g/mol. The molecule has 2 rings (SSSR count). The lowest BCUT2D eigenvalue weighted by molar-refractivity contribution is 0.467. The molecule has 4 nitrogen and oxygen atoms in total. The number of aromatic hydroxyl groups is 1. The molecule has 23 heavy (non-hydrogen) atoms. The number of phenolic OH excluding ortho intramolecular Hbond substituents is 1. The Hall–Kier alpha value is -2.10. The zero-order chi connectivity index (χ0) is 16.9. The molecule has 0 bridgehead atoms. The van der Waals surface area contributed by atoms with Crippen LogP contribution in [0, 0.1) is 11.3 Å². The molecule has 2 aromatic rings. The van der Waals surface area contributed by atoms with Crippen molar-refractivity contribution in [2.75, 3.05) is 0 Å². The number of hydrogen-bond acceptors (Lipinski definition) is 5. The Kier molecular flexibility index (Phi) is 5.59. The Morgan fingerprint density at radius 3 is 2.78 bits per heavy atom. The van der Waals surface area contributed by atoms with Crippen LogP contribution in [0.2, 0.25) is 0 Å². The molecule has 1 aromatic heterocycles. The molecule has 1 heterocycles. The van der Waals surface area contributed by atoms with Crippen molar-refractivity contribution in [1.29, 1.82) is 5.26 Å². The van der Waals surface area contributed by atoms with Gasteiger partial charge < -0.3 is 5.11 Å². The van der Waals surface area contributed by atoms with Crippen molar-refractivity contribution in [2.45, 2.75) is 31.1 Å². The normalized spacial score (nSPS) is 12.1. The van der Waals surface area contributed by atoms with Gasteiger partial charge in [0.25, 0.3) is 0 Å². The molecule has 0 saturated carbocycles. The number of phenols is 1. The summed E-state index contributed by atoms with van der Waals surface area (Å²) in [5, 5.41) is 22.3. The molecule has 0 aliphatic carbocycles. The summed E-state index contributed by atoms with van der Waals surface area (Å²) in [4.78, 5) is -0.177. The van der Waals surface area contributed by atoms with Gasteiger partial charge in [-0.1, -0.05) is 19.4 Å². The van der Waals surface area contributed by atoms with E-state index in [1.807, 2.05) is 0 Å². The third kappa shape index (κ3) is 4.01. The number of rotatable bonds is 6. The van der Waals surface area contributed by atoms with Crippen LogP contribution in [0.25, 0.3) is 6.08 Å².